The van der Waals surface area contributed by atoms with Crippen LogP contribution in [0.15, 0.2) is 138 Å². The van der Waals surface area contributed by atoms with Crippen LogP contribution >= 0.6 is 11.3 Å². The van der Waals surface area contributed by atoms with Crippen LogP contribution in [0.25, 0.3) is 53.2 Å². The maximum atomic E-state index is 6.48. The molecule has 0 atom stereocenters. The molecule has 8 rings (SSSR count). The molecule has 0 aliphatic heterocycles. The standard InChI is InChI=1S/C35H22N2OS/c1-2-10-25(11-3-1)37(35-36-30-22-19-23-9-4-5-12-28(23)34(30)38-35)26-20-17-24(18-21-26)27-14-8-16-32-33(27)29-13-6-7-15-31(29)39-32/h1-22H. The number of aromatic nitrogens is 1. The summed E-state index contributed by atoms with van der Waals surface area (Å²) in [5, 5.41) is 4.82. The molecule has 0 N–H and O–H groups in total. The lowest BCUT2D eigenvalue weighted by atomic mass is 9.99. The van der Waals surface area contributed by atoms with Crippen molar-refractivity contribution in [2.45, 2.75) is 0 Å². The summed E-state index contributed by atoms with van der Waals surface area (Å²) in [5.74, 6) is 0. The predicted octanol–water partition coefficient (Wildman–Crippen LogP) is 10.5. The summed E-state index contributed by atoms with van der Waals surface area (Å²) in [6.07, 6.45) is 0. The predicted molar refractivity (Wildman–Crippen MR) is 165 cm³/mol. The zero-order chi connectivity index (χ0) is 25.8. The van der Waals surface area contributed by atoms with Crippen LogP contribution in [0.2, 0.25) is 0 Å². The molecule has 0 aliphatic carbocycles. The van der Waals surface area contributed by atoms with Crippen molar-refractivity contribution in [3.05, 3.63) is 133 Å². The van der Waals surface area contributed by atoms with E-state index in [4.69, 9.17) is 9.40 Å². The van der Waals surface area contributed by atoms with E-state index < -0.39 is 0 Å². The van der Waals surface area contributed by atoms with E-state index >= 15 is 0 Å². The minimum atomic E-state index is 0.547. The van der Waals surface area contributed by atoms with Gasteiger partial charge in [-0.1, -0.05) is 91.0 Å². The van der Waals surface area contributed by atoms with Crippen LogP contribution in [-0.4, -0.2) is 4.98 Å². The van der Waals surface area contributed by atoms with Gasteiger partial charge in [0.2, 0.25) is 0 Å². The first-order valence-corrected chi connectivity index (χ1v) is 13.8. The monoisotopic (exact) mass is 518 g/mol. The molecule has 0 saturated carbocycles. The lowest BCUT2D eigenvalue weighted by Crippen LogP contribution is -2.10. The van der Waals surface area contributed by atoms with Crippen molar-refractivity contribution < 1.29 is 4.42 Å². The van der Waals surface area contributed by atoms with Gasteiger partial charge in [-0.3, -0.25) is 4.90 Å². The molecule has 0 bridgehead atoms. The van der Waals surface area contributed by atoms with Crippen molar-refractivity contribution >= 4 is 70.8 Å². The van der Waals surface area contributed by atoms with Gasteiger partial charge in [0, 0.05) is 25.6 Å². The molecule has 0 saturated heterocycles. The third-order valence-electron chi connectivity index (χ3n) is 7.31. The van der Waals surface area contributed by atoms with Gasteiger partial charge < -0.3 is 4.42 Å². The fourth-order valence-electron chi connectivity index (χ4n) is 5.49. The molecular weight excluding hydrogens is 496 g/mol. The SMILES string of the molecule is c1ccc(N(c2ccc(-c3cccc4sc5ccccc5c34)cc2)c2nc3ccc4ccccc4c3o2)cc1. The second-order valence-corrected chi connectivity index (χ2v) is 10.7. The Labute approximate surface area is 229 Å². The number of hydrogen-bond donors (Lipinski definition) is 0. The van der Waals surface area contributed by atoms with Gasteiger partial charge in [0.25, 0.3) is 0 Å². The van der Waals surface area contributed by atoms with Gasteiger partial charge in [-0.15, -0.1) is 11.3 Å². The summed E-state index contributed by atoms with van der Waals surface area (Å²) in [5.41, 5.74) is 6.06. The number of fused-ring (bicyclic) bond motifs is 6. The summed E-state index contributed by atoms with van der Waals surface area (Å²) in [7, 11) is 0. The van der Waals surface area contributed by atoms with Crippen molar-refractivity contribution in [2.75, 3.05) is 4.90 Å². The minimum Gasteiger partial charge on any atom is -0.422 e. The molecule has 8 aromatic rings. The molecule has 3 nitrogen and oxygen atoms in total. The highest BCUT2D eigenvalue weighted by Crippen LogP contribution is 2.42. The fourth-order valence-corrected chi connectivity index (χ4v) is 6.62. The highest BCUT2D eigenvalue weighted by Gasteiger charge is 2.20. The number of nitrogens with zero attached hydrogens (tertiary/aromatic N) is 2. The van der Waals surface area contributed by atoms with Crippen molar-refractivity contribution in [1.82, 2.24) is 4.98 Å². The van der Waals surface area contributed by atoms with Crippen LogP contribution in [0.1, 0.15) is 0 Å². The van der Waals surface area contributed by atoms with E-state index in [1.807, 2.05) is 47.7 Å². The van der Waals surface area contributed by atoms with Crippen LogP contribution < -0.4 is 4.90 Å². The highest BCUT2D eigenvalue weighted by atomic mass is 32.1. The van der Waals surface area contributed by atoms with Crippen LogP contribution in [-0.2, 0) is 0 Å². The van der Waals surface area contributed by atoms with E-state index in [1.165, 1.54) is 31.3 Å². The topological polar surface area (TPSA) is 29.3 Å². The van der Waals surface area contributed by atoms with Crippen molar-refractivity contribution in [3.8, 4) is 11.1 Å². The number of anilines is 3. The summed E-state index contributed by atoms with van der Waals surface area (Å²) in [4.78, 5) is 7.01. The molecule has 0 spiro atoms. The molecule has 0 unspecified atom stereocenters. The van der Waals surface area contributed by atoms with Gasteiger partial charge in [0.15, 0.2) is 5.58 Å². The van der Waals surface area contributed by atoms with Gasteiger partial charge >= 0.3 is 6.01 Å². The molecule has 6 aromatic carbocycles. The molecule has 2 aromatic heterocycles. The molecule has 0 aliphatic rings. The molecule has 4 heteroatoms. The summed E-state index contributed by atoms with van der Waals surface area (Å²) >= 11 is 1.85. The zero-order valence-electron chi connectivity index (χ0n) is 20.9. The Bertz CT molecular complexity index is 2120. The number of rotatable bonds is 4. The third kappa shape index (κ3) is 3.61. The first-order chi connectivity index (χ1) is 19.3. The van der Waals surface area contributed by atoms with Crippen LogP contribution in [0, 0.1) is 0 Å². The van der Waals surface area contributed by atoms with Gasteiger partial charge in [-0.25, -0.2) is 0 Å². The van der Waals surface area contributed by atoms with Crippen molar-refractivity contribution in [3.63, 3.8) is 0 Å². The number of benzene rings is 6. The molecular formula is C35H22N2OS. The average Bonchev–Trinajstić information content (AvgIpc) is 3.60. The number of thiophene rings is 1. The van der Waals surface area contributed by atoms with Crippen LogP contribution in [0.4, 0.5) is 17.4 Å². The van der Waals surface area contributed by atoms with E-state index in [1.54, 1.807) is 0 Å². The lowest BCUT2D eigenvalue weighted by molar-refractivity contribution is 0.611. The van der Waals surface area contributed by atoms with E-state index in [-0.39, 0.29) is 0 Å². The van der Waals surface area contributed by atoms with Crippen molar-refractivity contribution in [2.24, 2.45) is 0 Å². The van der Waals surface area contributed by atoms with Crippen LogP contribution in [0.5, 0.6) is 0 Å². The zero-order valence-corrected chi connectivity index (χ0v) is 21.7. The number of oxazole rings is 1. The van der Waals surface area contributed by atoms with E-state index in [9.17, 15) is 0 Å². The normalized spacial score (nSPS) is 11.6. The van der Waals surface area contributed by atoms with Crippen molar-refractivity contribution in [1.29, 1.82) is 0 Å². The first-order valence-electron chi connectivity index (χ1n) is 13.0. The van der Waals surface area contributed by atoms with Gasteiger partial charge in [0.05, 0.1) is 11.4 Å². The van der Waals surface area contributed by atoms with Crippen LogP contribution in [0.3, 0.4) is 0 Å². The molecule has 2 heterocycles. The van der Waals surface area contributed by atoms with E-state index in [0.29, 0.717) is 6.01 Å². The molecule has 184 valence electrons. The Morgan fingerprint density at radius 3 is 2.15 bits per heavy atom. The molecule has 39 heavy (non-hydrogen) atoms. The molecule has 0 radical (unpaired) electrons. The smallest absolute Gasteiger partial charge is 0.307 e. The molecule has 0 amide bonds. The second kappa shape index (κ2) is 8.83. The summed E-state index contributed by atoms with van der Waals surface area (Å²) in [6, 6.07) is 47.2. The maximum absolute atomic E-state index is 6.48. The average molecular weight is 519 g/mol. The third-order valence-corrected chi connectivity index (χ3v) is 8.45. The Hall–Kier alpha value is -4.93. The fraction of sp³-hybridized carbons (Fsp3) is 0. The number of para-hydroxylation sites is 1. The first kappa shape index (κ1) is 22.1. The Kier molecular flexibility index (Phi) is 5.00. The highest BCUT2D eigenvalue weighted by molar-refractivity contribution is 7.25. The van der Waals surface area contributed by atoms with E-state index in [2.05, 4.69) is 102 Å². The minimum absolute atomic E-state index is 0.547. The largest absolute Gasteiger partial charge is 0.422 e. The Morgan fingerprint density at radius 2 is 1.28 bits per heavy atom. The second-order valence-electron chi connectivity index (χ2n) is 9.63. The Morgan fingerprint density at radius 1 is 0.564 bits per heavy atom. The Balaban J connectivity index is 1.27. The summed E-state index contributed by atoms with van der Waals surface area (Å²) < 4.78 is 9.10. The lowest BCUT2D eigenvalue weighted by Gasteiger charge is -2.21. The number of hydrogen-bond acceptors (Lipinski definition) is 4. The maximum Gasteiger partial charge on any atom is 0.307 e. The van der Waals surface area contributed by atoms with E-state index in [0.717, 1.165) is 33.2 Å². The van der Waals surface area contributed by atoms with Gasteiger partial charge in [-0.2, -0.15) is 4.98 Å². The van der Waals surface area contributed by atoms with Gasteiger partial charge in [-0.05, 0) is 59.0 Å². The quantitative estimate of drug-likeness (QED) is 0.232. The molecule has 0 fully saturated rings. The summed E-state index contributed by atoms with van der Waals surface area (Å²) in [6.45, 7) is 0. The van der Waals surface area contributed by atoms with Gasteiger partial charge in [0.1, 0.15) is 5.52 Å².